The number of hydrogen-bond acceptors (Lipinski definition) is 6. The fourth-order valence-electron chi connectivity index (χ4n) is 5.24. The van der Waals surface area contributed by atoms with Gasteiger partial charge in [0.05, 0.1) is 25.1 Å². The van der Waals surface area contributed by atoms with E-state index in [-0.39, 0.29) is 37.2 Å². The minimum Gasteiger partial charge on any atom is -0.464 e. The summed E-state index contributed by atoms with van der Waals surface area (Å²) in [6.07, 6.45) is 2.42. The SMILES string of the molecule is CCC(C(=O)N(CC(=O)N(Cc1ccc2c(c1)OCO2)Cc1ccc(C)o1)CC1CCCO1)c1ccccc1. The summed E-state index contributed by atoms with van der Waals surface area (Å²) >= 11 is 0. The van der Waals surface area contributed by atoms with Gasteiger partial charge < -0.3 is 28.4 Å². The second-order valence-corrected chi connectivity index (χ2v) is 10.2. The van der Waals surface area contributed by atoms with Crippen LogP contribution in [0.25, 0.3) is 0 Å². The zero-order chi connectivity index (χ0) is 27.2. The van der Waals surface area contributed by atoms with Crippen LogP contribution >= 0.6 is 0 Å². The van der Waals surface area contributed by atoms with Crippen molar-refractivity contribution in [1.82, 2.24) is 9.80 Å². The Hall–Kier alpha value is -3.78. The third-order valence-corrected chi connectivity index (χ3v) is 7.30. The van der Waals surface area contributed by atoms with Gasteiger partial charge in [0.15, 0.2) is 11.5 Å². The van der Waals surface area contributed by atoms with Crippen molar-refractivity contribution in [3.8, 4) is 11.5 Å². The van der Waals surface area contributed by atoms with Crippen molar-refractivity contribution in [1.29, 1.82) is 0 Å². The van der Waals surface area contributed by atoms with Gasteiger partial charge in [-0.2, -0.15) is 0 Å². The molecule has 8 heteroatoms. The Bertz CT molecular complexity index is 1270. The molecule has 1 fully saturated rings. The molecule has 8 nitrogen and oxygen atoms in total. The molecule has 2 aliphatic heterocycles. The lowest BCUT2D eigenvalue weighted by molar-refractivity contribution is -0.143. The first-order chi connectivity index (χ1) is 19.0. The maximum absolute atomic E-state index is 13.9. The van der Waals surface area contributed by atoms with E-state index in [1.807, 2.05) is 74.5 Å². The fraction of sp³-hybridized carbons (Fsp3) is 0.419. The van der Waals surface area contributed by atoms with Gasteiger partial charge in [0.1, 0.15) is 11.5 Å². The van der Waals surface area contributed by atoms with Gasteiger partial charge in [-0.25, -0.2) is 0 Å². The van der Waals surface area contributed by atoms with Crippen molar-refractivity contribution >= 4 is 11.8 Å². The predicted octanol–water partition coefficient (Wildman–Crippen LogP) is 5.05. The Morgan fingerprint density at radius 2 is 1.79 bits per heavy atom. The molecule has 0 N–H and O–H groups in total. The number of fused-ring (bicyclic) bond motifs is 1. The number of ether oxygens (including phenoxy) is 3. The Kier molecular flexibility index (Phi) is 8.51. The Morgan fingerprint density at radius 1 is 0.974 bits per heavy atom. The van der Waals surface area contributed by atoms with E-state index >= 15 is 0 Å². The summed E-state index contributed by atoms with van der Waals surface area (Å²) < 4.78 is 22.7. The maximum Gasteiger partial charge on any atom is 0.242 e. The number of carbonyl (C=O) groups excluding carboxylic acids is 2. The van der Waals surface area contributed by atoms with Crippen LogP contribution in [-0.4, -0.2) is 54.2 Å². The fourth-order valence-corrected chi connectivity index (χ4v) is 5.24. The Labute approximate surface area is 229 Å². The van der Waals surface area contributed by atoms with Crippen LogP contribution in [0.3, 0.4) is 0 Å². The molecule has 39 heavy (non-hydrogen) atoms. The highest BCUT2D eigenvalue weighted by molar-refractivity contribution is 5.88. The first-order valence-electron chi connectivity index (χ1n) is 13.7. The topological polar surface area (TPSA) is 81.5 Å². The van der Waals surface area contributed by atoms with Crippen LogP contribution < -0.4 is 9.47 Å². The first kappa shape index (κ1) is 26.8. The second-order valence-electron chi connectivity index (χ2n) is 10.2. The van der Waals surface area contributed by atoms with Gasteiger partial charge in [-0.05, 0) is 61.6 Å². The molecule has 0 spiro atoms. The lowest BCUT2D eigenvalue weighted by atomic mass is 9.94. The van der Waals surface area contributed by atoms with Crippen molar-refractivity contribution < 1.29 is 28.2 Å². The molecule has 206 valence electrons. The molecule has 3 heterocycles. The van der Waals surface area contributed by atoms with Crippen LogP contribution in [0.4, 0.5) is 0 Å². The van der Waals surface area contributed by atoms with E-state index in [2.05, 4.69) is 0 Å². The molecule has 5 rings (SSSR count). The van der Waals surface area contributed by atoms with Gasteiger partial charge >= 0.3 is 0 Å². The van der Waals surface area contributed by atoms with Crippen molar-refractivity contribution in [2.75, 3.05) is 26.5 Å². The van der Waals surface area contributed by atoms with Crippen LogP contribution in [0.15, 0.2) is 65.1 Å². The highest BCUT2D eigenvalue weighted by Crippen LogP contribution is 2.33. The number of benzene rings is 2. The van der Waals surface area contributed by atoms with Crippen LogP contribution in [0.1, 0.15) is 54.8 Å². The number of nitrogens with zero attached hydrogens (tertiary/aromatic N) is 2. The van der Waals surface area contributed by atoms with Crippen LogP contribution in [0, 0.1) is 6.92 Å². The molecule has 0 aliphatic carbocycles. The molecule has 0 radical (unpaired) electrons. The summed E-state index contributed by atoms with van der Waals surface area (Å²) in [5, 5.41) is 0. The number of carbonyl (C=O) groups is 2. The molecular formula is C31H36N2O6. The molecule has 1 aromatic heterocycles. The summed E-state index contributed by atoms with van der Waals surface area (Å²) in [4.78, 5) is 31.3. The highest BCUT2D eigenvalue weighted by Gasteiger charge is 2.31. The standard InChI is InChI=1S/C31H36N2O6/c1-3-27(24-8-5-4-6-9-24)31(35)33(18-25-10-7-15-36-25)20-30(34)32(19-26-13-11-22(2)39-26)17-23-12-14-28-29(16-23)38-21-37-28/h4-6,8-9,11-14,16,25,27H,3,7,10,15,17-21H2,1-2H3. The highest BCUT2D eigenvalue weighted by atomic mass is 16.7. The van der Waals surface area contributed by atoms with E-state index in [9.17, 15) is 9.59 Å². The second kappa shape index (κ2) is 12.4. The van der Waals surface area contributed by atoms with Crippen molar-refractivity contribution in [2.45, 2.75) is 58.2 Å². The Balaban J connectivity index is 1.38. The van der Waals surface area contributed by atoms with Crippen LogP contribution in [-0.2, 0) is 27.4 Å². The molecule has 3 aromatic rings. The predicted molar refractivity (Wildman–Crippen MR) is 145 cm³/mol. The summed E-state index contributed by atoms with van der Waals surface area (Å²) in [5.41, 5.74) is 1.86. The van der Waals surface area contributed by atoms with Crippen molar-refractivity contribution in [3.05, 3.63) is 83.3 Å². The summed E-state index contributed by atoms with van der Waals surface area (Å²) in [6, 6.07) is 19.2. The van der Waals surface area contributed by atoms with E-state index in [0.717, 1.165) is 29.7 Å². The largest absolute Gasteiger partial charge is 0.464 e. The zero-order valence-electron chi connectivity index (χ0n) is 22.6. The maximum atomic E-state index is 13.9. The molecule has 2 aromatic carbocycles. The number of aryl methyl sites for hydroxylation is 1. The first-order valence-corrected chi connectivity index (χ1v) is 13.7. The van der Waals surface area contributed by atoms with Crippen molar-refractivity contribution in [2.24, 2.45) is 0 Å². The van der Waals surface area contributed by atoms with Gasteiger partial charge in [0.2, 0.25) is 18.6 Å². The number of hydrogen-bond donors (Lipinski definition) is 0. The molecule has 0 bridgehead atoms. The quantitative estimate of drug-likeness (QED) is 0.344. The van der Waals surface area contributed by atoms with Crippen LogP contribution in [0.2, 0.25) is 0 Å². The molecular weight excluding hydrogens is 496 g/mol. The van der Waals surface area contributed by atoms with E-state index in [0.29, 0.717) is 49.9 Å². The van der Waals surface area contributed by atoms with Gasteiger partial charge in [-0.3, -0.25) is 9.59 Å². The van der Waals surface area contributed by atoms with E-state index < -0.39 is 0 Å². The normalized spacial score (nSPS) is 16.7. The molecule has 2 unspecified atom stereocenters. The minimum absolute atomic E-state index is 0.0354. The van der Waals surface area contributed by atoms with Gasteiger partial charge in [0.25, 0.3) is 0 Å². The molecule has 2 amide bonds. The summed E-state index contributed by atoms with van der Waals surface area (Å²) in [7, 11) is 0. The molecule has 2 atom stereocenters. The lowest BCUT2D eigenvalue weighted by Crippen LogP contribution is -2.46. The average Bonchev–Trinajstić information content (AvgIpc) is 3.71. The average molecular weight is 533 g/mol. The molecule has 0 saturated carbocycles. The number of amides is 2. The molecule has 1 saturated heterocycles. The zero-order valence-corrected chi connectivity index (χ0v) is 22.6. The number of furan rings is 1. The van der Waals surface area contributed by atoms with E-state index in [1.165, 1.54) is 0 Å². The minimum atomic E-state index is -0.324. The van der Waals surface area contributed by atoms with Gasteiger partial charge in [0, 0.05) is 19.7 Å². The molecule has 2 aliphatic rings. The number of rotatable bonds is 11. The van der Waals surface area contributed by atoms with E-state index in [1.54, 1.807) is 9.80 Å². The third-order valence-electron chi connectivity index (χ3n) is 7.30. The Morgan fingerprint density at radius 3 is 2.51 bits per heavy atom. The van der Waals surface area contributed by atoms with Crippen LogP contribution in [0.5, 0.6) is 11.5 Å². The monoisotopic (exact) mass is 532 g/mol. The van der Waals surface area contributed by atoms with Crippen molar-refractivity contribution in [3.63, 3.8) is 0 Å². The van der Waals surface area contributed by atoms with Gasteiger partial charge in [-0.1, -0.05) is 43.3 Å². The lowest BCUT2D eigenvalue weighted by Gasteiger charge is -2.31. The van der Waals surface area contributed by atoms with E-state index in [4.69, 9.17) is 18.6 Å². The smallest absolute Gasteiger partial charge is 0.242 e. The summed E-state index contributed by atoms with van der Waals surface area (Å²) in [5.74, 6) is 2.30. The van der Waals surface area contributed by atoms with Gasteiger partial charge in [-0.15, -0.1) is 0 Å². The summed E-state index contributed by atoms with van der Waals surface area (Å²) in [6.45, 7) is 5.75. The third kappa shape index (κ3) is 6.63.